The molecule has 2 aromatic rings. The third-order valence-electron chi connectivity index (χ3n) is 3.23. The fourth-order valence-corrected chi connectivity index (χ4v) is 2.25. The lowest BCUT2D eigenvalue weighted by molar-refractivity contribution is -0.384. The maximum Gasteiger partial charge on any atom is 0.269 e. The average molecular weight is 289 g/mol. The molecule has 6 heteroatoms. The normalized spacial score (nSPS) is 10.9. The zero-order valence-electron chi connectivity index (χ0n) is 12.4. The molecule has 0 spiro atoms. The lowest BCUT2D eigenvalue weighted by Crippen LogP contribution is -2.17. The molecule has 0 fully saturated rings. The van der Waals surface area contributed by atoms with Crippen LogP contribution in [0.2, 0.25) is 0 Å². The van der Waals surface area contributed by atoms with Gasteiger partial charge in [-0.3, -0.25) is 15.0 Å². The van der Waals surface area contributed by atoms with Crippen LogP contribution in [0.3, 0.4) is 0 Å². The van der Waals surface area contributed by atoms with E-state index in [0.29, 0.717) is 13.1 Å². The Morgan fingerprint density at radius 2 is 2.05 bits per heavy atom. The summed E-state index contributed by atoms with van der Waals surface area (Å²) in [5, 5.41) is 14.0. The number of rotatable bonds is 6. The number of nitrogens with zero attached hydrogens (tertiary/aromatic N) is 2. The van der Waals surface area contributed by atoms with Gasteiger partial charge in [-0.2, -0.15) is 0 Å². The van der Waals surface area contributed by atoms with Crippen molar-refractivity contribution in [3.8, 4) is 0 Å². The van der Waals surface area contributed by atoms with Gasteiger partial charge in [-0.25, -0.2) is 0 Å². The van der Waals surface area contributed by atoms with E-state index in [2.05, 4.69) is 10.2 Å². The highest BCUT2D eigenvalue weighted by atomic mass is 16.6. The molecule has 0 atom stereocenters. The van der Waals surface area contributed by atoms with Crippen molar-refractivity contribution in [3.05, 3.63) is 57.5 Å². The Hall–Kier alpha value is -2.34. The molecule has 0 aliphatic heterocycles. The van der Waals surface area contributed by atoms with Crippen LogP contribution in [0.25, 0.3) is 0 Å². The number of aryl methyl sites for hydroxylation is 1. The van der Waals surface area contributed by atoms with Gasteiger partial charge in [0.25, 0.3) is 5.69 Å². The molecule has 1 heterocycles. The monoisotopic (exact) mass is 289 g/mol. The van der Waals surface area contributed by atoms with Crippen molar-refractivity contribution in [1.82, 2.24) is 4.90 Å². The number of non-ortho nitro benzene ring substituents is 1. The Morgan fingerprint density at radius 3 is 2.62 bits per heavy atom. The summed E-state index contributed by atoms with van der Waals surface area (Å²) in [5.74, 6) is 1.76. The van der Waals surface area contributed by atoms with E-state index >= 15 is 0 Å². The summed E-state index contributed by atoms with van der Waals surface area (Å²) in [4.78, 5) is 12.6. The number of nitro groups is 1. The topological polar surface area (TPSA) is 71.6 Å². The van der Waals surface area contributed by atoms with Crippen LogP contribution in [0.15, 0.2) is 34.7 Å². The van der Waals surface area contributed by atoms with E-state index < -0.39 is 0 Å². The Balaban J connectivity index is 2.13. The number of hydrogen-bond acceptors (Lipinski definition) is 5. The Labute approximate surface area is 123 Å². The Bertz CT molecular complexity index is 637. The van der Waals surface area contributed by atoms with Crippen molar-refractivity contribution in [3.63, 3.8) is 0 Å². The van der Waals surface area contributed by atoms with Gasteiger partial charge in [0, 0.05) is 31.4 Å². The molecule has 1 N–H and O–H groups in total. The maximum atomic E-state index is 10.9. The van der Waals surface area contributed by atoms with Gasteiger partial charge in [-0.05, 0) is 37.7 Å². The number of benzene rings is 1. The van der Waals surface area contributed by atoms with Crippen LogP contribution in [-0.4, -0.2) is 23.9 Å². The van der Waals surface area contributed by atoms with Crippen LogP contribution in [-0.2, 0) is 13.1 Å². The fraction of sp³-hybridized carbons (Fsp3) is 0.333. The summed E-state index contributed by atoms with van der Waals surface area (Å²) in [7, 11) is 3.76. The number of hydrogen-bond donors (Lipinski definition) is 1. The number of anilines is 1. The number of nitro benzene ring substituents is 1. The molecule has 2 rings (SSSR count). The highest BCUT2D eigenvalue weighted by Crippen LogP contribution is 2.23. The standard InChI is InChI=1S/C15H19N3O3/c1-11-4-6-14(21-11)10-17(3)9-12-8-13(18(19)20)5-7-15(12)16-2/h4-8,16H,9-10H2,1-3H3. The lowest BCUT2D eigenvalue weighted by Gasteiger charge is -2.17. The van der Waals surface area contributed by atoms with E-state index in [4.69, 9.17) is 4.42 Å². The van der Waals surface area contributed by atoms with Crippen molar-refractivity contribution in [2.75, 3.05) is 19.4 Å². The van der Waals surface area contributed by atoms with E-state index in [9.17, 15) is 10.1 Å². The maximum absolute atomic E-state index is 10.9. The summed E-state index contributed by atoms with van der Waals surface area (Å²) in [6.07, 6.45) is 0. The van der Waals surface area contributed by atoms with Gasteiger partial charge >= 0.3 is 0 Å². The van der Waals surface area contributed by atoms with Gasteiger partial charge in [-0.1, -0.05) is 0 Å². The third-order valence-corrected chi connectivity index (χ3v) is 3.23. The van der Waals surface area contributed by atoms with Crippen molar-refractivity contribution >= 4 is 11.4 Å². The minimum atomic E-state index is -0.376. The quantitative estimate of drug-likeness (QED) is 0.653. The fourth-order valence-electron chi connectivity index (χ4n) is 2.25. The van der Waals surface area contributed by atoms with Crippen molar-refractivity contribution in [2.45, 2.75) is 20.0 Å². The molecule has 0 saturated heterocycles. The summed E-state index contributed by atoms with van der Waals surface area (Å²) in [6.45, 7) is 3.15. The average Bonchev–Trinajstić information content (AvgIpc) is 2.83. The highest BCUT2D eigenvalue weighted by Gasteiger charge is 2.12. The molecule has 112 valence electrons. The second-order valence-electron chi connectivity index (χ2n) is 5.03. The Kier molecular flexibility index (Phi) is 4.59. The van der Waals surface area contributed by atoms with Crippen LogP contribution in [0.1, 0.15) is 17.1 Å². The van der Waals surface area contributed by atoms with Crippen molar-refractivity contribution < 1.29 is 9.34 Å². The molecule has 0 unspecified atom stereocenters. The molecule has 1 aromatic carbocycles. The van der Waals surface area contributed by atoms with Crippen LogP contribution in [0.5, 0.6) is 0 Å². The molecule has 21 heavy (non-hydrogen) atoms. The molecule has 0 aliphatic rings. The van der Waals surface area contributed by atoms with Crippen molar-refractivity contribution in [2.24, 2.45) is 0 Å². The van der Waals surface area contributed by atoms with Gasteiger partial charge in [0.15, 0.2) is 0 Å². The molecule has 1 aromatic heterocycles. The van der Waals surface area contributed by atoms with Crippen LogP contribution >= 0.6 is 0 Å². The van der Waals surface area contributed by atoms with E-state index in [-0.39, 0.29) is 10.6 Å². The van der Waals surface area contributed by atoms with Crippen LogP contribution < -0.4 is 5.32 Å². The second-order valence-corrected chi connectivity index (χ2v) is 5.03. The van der Waals surface area contributed by atoms with E-state index in [1.165, 1.54) is 6.07 Å². The molecule has 0 aliphatic carbocycles. The third kappa shape index (κ3) is 3.82. The van der Waals surface area contributed by atoms with E-state index in [1.54, 1.807) is 19.2 Å². The number of nitrogens with one attached hydrogen (secondary N) is 1. The Morgan fingerprint density at radius 1 is 1.29 bits per heavy atom. The first-order chi connectivity index (χ1) is 9.99. The molecule has 0 radical (unpaired) electrons. The first-order valence-corrected chi connectivity index (χ1v) is 6.68. The summed E-state index contributed by atoms with van der Waals surface area (Å²) in [6, 6.07) is 8.72. The molecule has 6 nitrogen and oxygen atoms in total. The first kappa shape index (κ1) is 15.1. The molecular formula is C15H19N3O3. The second kappa shape index (κ2) is 6.41. The van der Waals surface area contributed by atoms with Gasteiger partial charge in [-0.15, -0.1) is 0 Å². The minimum absolute atomic E-state index is 0.103. The predicted octanol–water partition coefficient (Wildman–Crippen LogP) is 3.17. The zero-order chi connectivity index (χ0) is 15.4. The van der Waals surface area contributed by atoms with Crippen LogP contribution in [0.4, 0.5) is 11.4 Å². The summed E-state index contributed by atoms with van der Waals surface area (Å²) < 4.78 is 5.54. The number of furan rings is 1. The van der Waals surface area contributed by atoms with Crippen molar-refractivity contribution in [1.29, 1.82) is 0 Å². The predicted molar refractivity (Wildman–Crippen MR) is 81.3 cm³/mol. The molecule has 0 saturated carbocycles. The van der Waals surface area contributed by atoms with Gasteiger partial charge in [0.05, 0.1) is 11.5 Å². The summed E-state index contributed by atoms with van der Waals surface area (Å²) >= 11 is 0. The van der Waals surface area contributed by atoms with E-state index in [0.717, 1.165) is 22.8 Å². The van der Waals surface area contributed by atoms with Gasteiger partial charge in [0.1, 0.15) is 11.5 Å². The zero-order valence-corrected chi connectivity index (χ0v) is 12.4. The van der Waals surface area contributed by atoms with E-state index in [1.807, 2.05) is 26.1 Å². The SMILES string of the molecule is CNc1ccc([N+](=O)[O-])cc1CN(C)Cc1ccc(C)o1. The smallest absolute Gasteiger partial charge is 0.269 e. The van der Waals surface area contributed by atoms with Gasteiger partial charge in [0.2, 0.25) is 0 Å². The lowest BCUT2D eigenvalue weighted by atomic mass is 10.1. The minimum Gasteiger partial charge on any atom is -0.465 e. The molecule has 0 bridgehead atoms. The largest absolute Gasteiger partial charge is 0.465 e. The summed E-state index contributed by atoms with van der Waals surface area (Å²) in [5.41, 5.74) is 1.88. The molecule has 0 amide bonds. The first-order valence-electron chi connectivity index (χ1n) is 6.68. The van der Waals surface area contributed by atoms with Gasteiger partial charge < -0.3 is 9.73 Å². The van der Waals surface area contributed by atoms with Crippen LogP contribution in [0, 0.1) is 17.0 Å². The highest BCUT2D eigenvalue weighted by molar-refractivity contribution is 5.55. The molecular weight excluding hydrogens is 270 g/mol.